The zero-order valence-corrected chi connectivity index (χ0v) is 10.8. The number of nitrogens with zero attached hydrogens (tertiary/aromatic N) is 2. The summed E-state index contributed by atoms with van der Waals surface area (Å²) in [5, 5.41) is 4.05. The number of carbonyl (C=O) groups is 1. The molecule has 90 valence electrons. The van der Waals surface area contributed by atoms with E-state index in [0.717, 1.165) is 15.3 Å². The molecule has 2 aromatic rings. The van der Waals surface area contributed by atoms with Crippen LogP contribution in [-0.2, 0) is 4.79 Å². The van der Waals surface area contributed by atoms with E-state index in [1.165, 1.54) is 0 Å². The smallest absolute Gasteiger partial charge is 0.223 e. The summed E-state index contributed by atoms with van der Waals surface area (Å²) in [6, 6.07) is 8.01. The molecule has 0 unspecified atom stereocenters. The first kappa shape index (κ1) is 11.9. The molecule has 0 aliphatic carbocycles. The molecule has 2 rings (SSSR count). The third-order valence-electron chi connectivity index (χ3n) is 2.41. The molecule has 1 aromatic carbocycles. The van der Waals surface area contributed by atoms with Gasteiger partial charge in [-0.05, 0) is 12.1 Å². The minimum atomic E-state index is 0.124. The number of hydrogen-bond acceptors (Lipinski definition) is 4. The van der Waals surface area contributed by atoms with Crippen LogP contribution in [0.5, 0.6) is 0 Å². The molecule has 0 radical (unpaired) electrons. The maximum Gasteiger partial charge on any atom is 0.223 e. The molecule has 0 saturated heterocycles. The number of fused-ring (bicyclic) bond motifs is 1. The first-order valence-electron chi connectivity index (χ1n) is 5.46. The molecule has 1 N–H and O–H groups in total. The van der Waals surface area contributed by atoms with Crippen LogP contribution in [-0.4, -0.2) is 36.4 Å². The maximum atomic E-state index is 11.4. The van der Waals surface area contributed by atoms with E-state index >= 15 is 0 Å². The number of rotatable bonds is 4. The Kier molecular flexibility index (Phi) is 3.58. The predicted molar refractivity (Wildman–Crippen MR) is 71.4 cm³/mol. The van der Waals surface area contributed by atoms with Crippen LogP contribution >= 0.6 is 11.3 Å². The summed E-state index contributed by atoms with van der Waals surface area (Å²) in [4.78, 5) is 17.4. The lowest BCUT2D eigenvalue weighted by Crippen LogP contribution is -2.23. The molecule has 4 nitrogen and oxygen atoms in total. The molecule has 0 bridgehead atoms. The minimum Gasteiger partial charge on any atom is -0.361 e. The normalized spacial score (nSPS) is 10.5. The van der Waals surface area contributed by atoms with Crippen LogP contribution in [0.3, 0.4) is 0 Å². The van der Waals surface area contributed by atoms with E-state index in [9.17, 15) is 4.79 Å². The Morgan fingerprint density at radius 2 is 2.18 bits per heavy atom. The molecule has 0 atom stereocenters. The fourth-order valence-corrected chi connectivity index (χ4v) is 2.34. The van der Waals surface area contributed by atoms with Crippen molar-refractivity contribution in [1.29, 1.82) is 0 Å². The Bertz CT molecular complexity index is 488. The molecule has 5 heteroatoms. The van der Waals surface area contributed by atoms with E-state index in [2.05, 4.69) is 10.3 Å². The number of nitrogens with one attached hydrogen (secondary N) is 1. The van der Waals surface area contributed by atoms with Gasteiger partial charge in [0.2, 0.25) is 5.91 Å². The monoisotopic (exact) mass is 249 g/mol. The van der Waals surface area contributed by atoms with Gasteiger partial charge in [-0.3, -0.25) is 4.79 Å². The van der Waals surface area contributed by atoms with Gasteiger partial charge in [0.05, 0.1) is 10.2 Å². The van der Waals surface area contributed by atoms with E-state index in [4.69, 9.17) is 0 Å². The number of amides is 1. The molecule has 1 heterocycles. The quantitative estimate of drug-likeness (QED) is 0.903. The zero-order chi connectivity index (χ0) is 12.3. The summed E-state index contributed by atoms with van der Waals surface area (Å²) in [7, 11) is 3.53. The van der Waals surface area contributed by atoms with Gasteiger partial charge < -0.3 is 10.2 Å². The van der Waals surface area contributed by atoms with Crippen molar-refractivity contribution < 1.29 is 4.79 Å². The molecule has 0 aliphatic rings. The lowest BCUT2D eigenvalue weighted by molar-refractivity contribution is -0.128. The van der Waals surface area contributed by atoms with Crippen LogP contribution in [0.1, 0.15) is 6.42 Å². The fourth-order valence-electron chi connectivity index (χ4n) is 1.45. The van der Waals surface area contributed by atoms with Gasteiger partial charge >= 0.3 is 0 Å². The number of para-hydroxylation sites is 1. The van der Waals surface area contributed by atoms with Gasteiger partial charge in [-0.15, -0.1) is 0 Å². The first-order chi connectivity index (χ1) is 8.16. The lowest BCUT2D eigenvalue weighted by Gasteiger charge is -2.09. The van der Waals surface area contributed by atoms with E-state index in [-0.39, 0.29) is 5.91 Å². The molecule has 0 saturated carbocycles. The second kappa shape index (κ2) is 5.14. The predicted octanol–water partition coefficient (Wildman–Crippen LogP) is 2.19. The topological polar surface area (TPSA) is 45.2 Å². The Morgan fingerprint density at radius 3 is 2.88 bits per heavy atom. The Balaban J connectivity index is 1.93. The summed E-state index contributed by atoms with van der Waals surface area (Å²) in [6.07, 6.45) is 0.489. The molecule has 17 heavy (non-hydrogen) atoms. The van der Waals surface area contributed by atoms with E-state index in [1.807, 2.05) is 24.3 Å². The number of thiazole rings is 1. The van der Waals surface area contributed by atoms with Crippen molar-refractivity contribution in [2.75, 3.05) is 26.0 Å². The number of carbonyl (C=O) groups excluding carboxylic acids is 1. The third-order valence-corrected chi connectivity index (χ3v) is 3.40. The average molecular weight is 249 g/mol. The zero-order valence-electron chi connectivity index (χ0n) is 9.93. The lowest BCUT2D eigenvalue weighted by atomic mass is 10.3. The summed E-state index contributed by atoms with van der Waals surface area (Å²) >= 11 is 1.61. The SMILES string of the molecule is CN(C)C(=O)CCNc1nc2ccccc2s1. The van der Waals surface area contributed by atoms with Crippen LogP contribution in [0.15, 0.2) is 24.3 Å². The molecule has 0 aliphatic heterocycles. The molecule has 0 fully saturated rings. The van der Waals surface area contributed by atoms with Gasteiger partial charge in [0.25, 0.3) is 0 Å². The van der Waals surface area contributed by atoms with Crippen LogP contribution in [0.2, 0.25) is 0 Å². The second-order valence-corrected chi connectivity index (χ2v) is 4.98. The van der Waals surface area contributed by atoms with Gasteiger partial charge in [-0.25, -0.2) is 4.98 Å². The summed E-state index contributed by atoms with van der Waals surface area (Å²) in [5.74, 6) is 0.124. The summed E-state index contributed by atoms with van der Waals surface area (Å²) in [6.45, 7) is 0.622. The number of aromatic nitrogens is 1. The molecule has 1 amide bonds. The van der Waals surface area contributed by atoms with Gasteiger partial charge in [0.1, 0.15) is 0 Å². The van der Waals surface area contributed by atoms with Crippen molar-refractivity contribution in [3.05, 3.63) is 24.3 Å². The van der Waals surface area contributed by atoms with E-state index in [1.54, 1.807) is 30.3 Å². The van der Waals surface area contributed by atoms with Crippen molar-refractivity contribution in [2.24, 2.45) is 0 Å². The summed E-state index contributed by atoms with van der Waals surface area (Å²) < 4.78 is 1.16. The van der Waals surface area contributed by atoms with Gasteiger partial charge in [0, 0.05) is 27.1 Å². The fraction of sp³-hybridized carbons (Fsp3) is 0.333. The van der Waals surface area contributed by atoms with E-state index in [0.29, 0.717) is 13.0 Å². The Labute approximate surface area is 104 Å². The van der Waals surface area contributed by atoms with Gasteiger partial charge in [-0.1, -0.05) is 23.5 Å². The van der Waals surface area contributed by atoms with Crippen LogP contribution < -0.4 is 5.32 Å². The first-order valence-corrected chi connectivity index (χ1v) is 6.28. The van der Waals surface area contributed by atoms with Crippen molar-refractivity contribution in [1.82, 2.24) is 9.88 Å². The summed E-state index contributed by atoms with van der Waals surface area (Å²) in [5.41, 5.74) is 0.999. The van der Waals surface area contributed by atoms with Gasteiger partial charge in [-0.2, -0.15) is 0 Å². The van der Waals surface area contributed by atoms with Crippen LogP contribution in [0.25, 0.3) is 10.2 Å². The van der Waals surface area contributed by atoms with Crippen molar-refractivity contribution in [3.63, 3.8) is 0 Å². The molecular weight excluding hydrogens is 234 g/mol. The van der Waals surface area contributed by atoms with Crippen LogP contribution in [0, 0.1) is 0 Å². The molecule has 0 spiro atoms. The Morgan fingerprint density at radius 1 is 1.41 bits per heavy atom. The Hall–Kier alpha value is -1.62. The third kappa shape index (κ3) is 2.94. The highest BCUT2D eigenvalue weighted by atomic mass is 32.1. The van der Waals surface area contributed by atoms with Crippen molar-refractivity contribution in [2.45, 2.75) is 6.42 Å². The maximum absolute atomic E-state index is 11.4. The highest BCUT2D eigenvalue weighted by Gasteiger charge is 2.05. The highest BCUT2D eigenvalue weighted by molar-refractivity contribution is 7.22. The number of anilines is 1. The molecular formula is C12H15N3OS. The van der Waals surface area contributed by atoms with Gasteiger partial charge in [0.15, 0.2) is 5.13 Å². The number of hydrogen-bond donors (Lipinski definition) is 1. The van der Waals surface area contributed by atoms with Crippen LogP contribution in [0.4, 0.5) is 5.13 Å². The molecule has 1 aromatic heterocycles. The van der Waals surface area contributed by atoms with Crippen molar-refractivity contribution >= 4 is 32.6 Å². The van der Waals surface area contributed by atoms with Crippen molar-refractivity contribution in [3.8, 4) is 0 Å². The van der Waals surface area contributed by atoms with E-state index < -0.39 is 0 Å². The minimum absolute atomic E-state index is 0.124. The second-order valence-electron chi connectivity index (χ2n) is 3.95. The largest absolute Gasteiger partial charge is 0.361 e. The average Bonchev–Trinajstić information content (AvgIpc) is 2.71. The highest BCUT2D eigenvalue weighted by Crippen LogP contribution is 2.25. The number of benzene rings is 1. The standard InChI is InChI=1S/C12H15N3OS/c1-15(2)11(16)7-8-13-12-14-9-5-3-4-6-10(9)17-12/h3-6H,7-8H2,1-2H3,(H,13,14).